The van der Waals surface area contributed by atoms with Gasteiger partial charge in [0.05, 0.1) is 23.1 Å². The molecule has 3 fully saturated rings. The van der Waals surface area contributed by atoms with Crippen LogP contribution in [0.1, 0.15) is 65.1 Å². The van der Waals surface area contributed by atoms with Gasteiger partial charge in [-0.05, 0) is 83.9 Å². The molecule has 6 heteroatoms. The second-order valence-corrected chi connectivity index (χ2v) is 10.00. The summed E-state index contributed by atoms with van der Waals surface area (Å²) < 4.78 is 3.15. The number of primary amides is 1. The molecule has 2 N–H and O–H groups in total. The Morgan fingerprint density at radius 3 is 2.60 bits per heavy atom. The molecular formula is C24H21IN4O. The number of imidazole rings is 1. The molecule has 4 aliphatic rings. The zero-order chi connectivity index (χ0) is 20.6. The Labute approximate surface area is 188 Å². The van der Waals surface area contributed by atoms with E-state index in [1.165, 1.54) is 24.8 Å². The smallest absolute Gasteiger partial charge is 0.269 e. The van der Waals surface area contributed by atoms with Gasteiger partial charge in [0.2, 0.25) is 0 Å². The van der Waals surface area contributed by atoms with Gasteiger partial charge in [0.15, 0.2) is 5.69 Å². The van der Waals surface area contributed by atoms with E-state index in [-0.39, 0.29) is 6.04 Å². The van der Waals surface area contributed by atoms with E-state index in [9.17, 15) is 4.79 Å². The van der Waals surface area contributed by atoms with Crippen molar-refractivity contribution < 1.29 is 4.79 Å². The lowest BCUT2D eigenvalue weighted by atomic mass is 9.42. The third kappa shape index (κ3) is 2.43. The molecule has 30 heavy (non-hydrogen) atoms. The lowest BCUT2D eigenvalue weighted by molar-refractivity contribution is -0.0274. The molecule has 0 radical (unpaired) electrons. The molecule has 7 rings (SSSR count). The number of fused-ring (bicyclic) bond motifs is 3. The maximum atomic E-state index is 12.0. The van der Waals surface area contributed by atoms with Gasteiger partial charge in [0, 0.05) is 14.7 Å². The summed E-state index contributed by atoms with van der Waals surface area (Å²) in [5.74, 6) is 0.404. The van der Waals surface area contributed by atoms with Crippen molar-refractivity contribution in [3.8, 4) is 5.69 Å². The minimum absolute atomic E-state index is 0.244. The summed E-state index contributed by atoms with van der Waals surface area (Å²) in [5.41, 5.74) is 12.6. The average Bonchev–Trinajstić information content (AvgIpc) is 3.05. The lowest BCUT2D eigenvalue weighted by Gasteiger charge is -2.62. The summed E-state index contributed by atoms with van der Waals surface area (Å²) in [6.45, 7) is 2.00. The molecule has 3 aliphatic carbocycles. The number of nitrogens with two attached hydrogens (primary N) is 1. The van der Waals surface area contributed by atoms with Gasteiger partial charge < -0.3 is 5.73 Å². The molecule has 0 spiro atoms. The van der Waals surface area contributed by atoms with Crippen LogP contribution >= 0.6 is 22.6 Å². The Balaban J connectivity index is 1.63. The third-order valence-corrected chi connectivity index (χ3v) is 7.99. The number of carbonyl (C=O) groups excluding carboxylic acids is 1. The van der Waals surface area contributed by atoms with Gasteiger partial charge in [0.1, 0.15) is 6.33 Å². The zero-order valence-corrected chi connectivity index (χ0v) is 18.8. The van der Waals surface area contributed by atoms with Crippen LogP contribution in [0.2, 0.25) is 0 Å². The van der Waals surface area contributed by atoms with Crippen LogP contribution in [0.15, 0.2) is 53.8 Å². The molecule has 150 valence electrons. The summed E-state index contributed by atoms with van der Waals surface area (Å²) in [4.78, 5) is 21.5. The molecule has 1 amide bonds. The first-order chi connectivity index (χ1) is 14.5. The normalized spacial score (nSPS) is 25.9. The van der Waals surface area contributed by atoms with Crippen molar-refractivity contribution in [2.24, 2.45) is 16.6 Å². The van der Waals surface area contributed by atoms with Crippen molar-refractivity contribution in [2.45, 2.75) is 37.6 Å². The minimum atomic E-state index is -0.518. The van der Waals surface area contributed by atoms with Crippen molar-refractivity contribution in [2.75, 3.05) is 0 Å². The van der Waals surface area contributed by atoms with Gasteiger partial charge in [-0.3, -0.25) is 14.4 Å². The SMILES string of the molecule is C[C@@H]1N=C(c2ccccc2I)c2cc(C34CC(C3)C4)ccc2-n2cnc(C(N)=O)c21. The molecule has 2 aromatic carbocycles. The highest BCUT2D eigenvalue weighted by Gasteiger charge is 2.57. The lowest BCUT2D eigenvalue weighted by Crippen LogP contribution is -2.55. The number of hydrogen-bond donors (Lipinski definition) is 1. The number of aliphatic imine (C=N–C) groups is 1. The second kappa shape index (κ2) is 6.26. The Kier molecular flexibility index (Phi) is 3.82. The van der Waals surface area contributed by atoms with E-state index in [4.69, 9.17) is 10.7 Å². The molecule has 1 aromatic heterocycles. The number of carbonyl (C=O) groups is 1. The topological polar surface area (TPSA) is 73.3 Å². The van der Waals surface area contributed by atoms with Crippen LogP contribution in [-0.2, 0) is 5.41 Å². The molecule has 5 nitrogen and oxygen atoms in total. The second-order valence-electron chi connectivity index (χ2n) is 8.84. The number of amides is 1. The van der Waals surface area contributed by atoms with Crippen molar-refractivity contribution in [1.82, 2.24) is 9.55 Å². The van der Waals surface area contributed by atoms with Crippen molar-refractivity contribution >= 4 is 34.2 Å². The molecule has 2 heterocycles. The van der Waals surface area contributed by atoms with E-state index in [2.05, 4.69) is 64.0 Å². The van der Waals surface area contributed by atoms with E-state index in [1.807, 2.05) is 17.6 Å². The number of benzene rings is 2. The standard InChI is InChI=1S/C24H21IN4O/c1-13-22-21(23(26)30)27-12-29(22)19-7-6-15(24-9-14(10-24)11-24)8-17(19)20(28-13)16-4-2-3-5-18(16)25/h2-8,12-14H,9-11H2,1H3,(H2,26,30)/t13-,14?,24?/m0/s1. The quantitative estimate of drug-likeness (QED) is 0.528. The van der Waals surface area contributed by atoms with Gasteiger partial charge in [0.25, 0.3) is 5.91 Å². The number of hydrogen-bond acceptors (Lipinski definition) is 3. The van der Waals surface area contributed by atoms with Crippen LogP contribution in [0.3, 0.4) is 0 Å². The molecule has 3 aromatic rings. The number of halogens is 1. The maximum Gasteiger partial charge on any atom is 0.269 e. The summed E-state index contributed by atoms with van der Waals surface area (Å²) in [7, 11) is 0. The average molecular weight is 508 g/mol. The molecular weight excluding hydrogens is 487 g/mol. The summed E-state index contributed by atoms with van der Waals surface area (Å²) >= 11 is 2.37. The van der Waals surface area contributed by atoms with E-state index >= 15 is 0 Å². The largest absolute Gasteiger partial charge is 0.364 e. The van der Waals surface area contributed by atoms with Gasteiger partial charge in [-0.2, -0.15) is 0 Å². The van der Waals surface area contributed by atoms with Crippen molar-refractivity contribution in [1.29, 1.82) is 0 Å². The monoisotopic (exact) mass is 508 g/mol. The highest BCUT2D eigenvalue weighted by Crippen LogP contribution is 2.65. The van der Waals surface area contributed by atoms with Crippen LogP contribution in [0.25, 0.3) is 5.69 Å². The number of nitrogens with zero attached hydrogens (tertiary/aromatic N) is 3. The fourth-order valence-corrected chi connectivity index (χ4v) is 6.07. The Hall–Kier alpha value is -2.48. The fourth-order valence-electron chi connectivity index (χ4n) is 5.43. The predicted molar refractivity (Wildman–Crippen MR) is 124 cm³/mol. The maximum absolute atomic E-state index is 12.0. The van der Waals surface area contributed by atoms with Crippen LogP contribution in [-0.4, -0.2) is 21.2 Å². The summed E-state index contributed by atoms with van der Waals surface area (Å²) in [5, 5.41) is 0. The van der Waals surface area contributed by atoms with Gasteiger partial charge >= 0.3 is 0 Å². The van der Waals surface area contributed by atoms with Gasteiger partial charge in [-0.1, -0.05) is 24.3 Å². The molecule has 1 atom stereocenters. The van der Waals surface area contributed by atoms with E-state index in [0.29, 0.717) is 11.1 Å². The molecule has 0 unspecified atom stereocenters. The van der Waals surface area contributed by atoms with Crippen LogP contribution < -0.4 is 5.73 Å². The molecule has 1 aliphatic heterocycles. The molecule has 0 saturated heterocycles. The Bertz CT molecular complexity index is 1240. The van der Waals surface area contributed by atoms with Crippen molar-refractivity contribution in [3.05, 3.63) is 80.4 Å². The first kappa shape index (κ1) is 18.3. The van der Waals surface area contributed by atoms with Crippen LogP contribution in [0, 0.1) is 9.49 Å². The number of rotatable bonds is 3. The zero-order valence-electron chi connectivity index (χ0n) is 16.6. The highest BCUT2D eigenvalue weighted by molar-refractivity contribution is 14.1. The van der Waals surface area contributed by atoms with Gasteiger partial charge in [-0.15, -0.1) is 0 Å². The van der Waals surface area contributed by atoms with E-state index < -0.39 is 5.91 Å². The summed E-state index contributed by atoms with van der Waals surface area (Å²) in [6.07, 6.45) is 5.62. The summed E-state index contributed by atoms with van der Waals surface area (Å²) in [6, 6.07) is 14.8. The van der Waals surface area contributed by atoms with Crippen LogP contribution in [0.5, 0.6) is 0 Å². The Morgan fingerprint density at radius 1 is 1.17 bits per heavy atom. The molecule has 3 saturated carbocycles. The first-order valence-corrected chi connectivity index (χ1v) is 11.4. The first-order valence-electron chi connectivity index (χ1n) is 10.3. The fraction of sp³-hybridized carbons (Fsp3) is 0.292. The Morgan fingerprint density at radius 2 is 1.93 bits per heavy atom. The van der Waals surface area contributed by atoms with Crippen molar-refractivity contribution in [3.63, 3.8) is 0 Å². The van der Waals surface area contributed by atoms with E-state index in [0.717, 1.165) is 37.7 Å². The minimum Gasteiger partial charge on any atom is -0.364 e. The van der Waals surface area contributed by atoms with Crippen LogP contribution in [0.4, 0.5) is 0 Å². The predicted octanol–water partition coefficient (Wildman–Crippen LogP) is 4.54. The van der Waals surface area contributed by atoms with E-state index in [1.54, 1.807) is 6.33 Å². The molecule has 2 bridgehead atoms. The number of aromatic nitrogens is 2. The highest BCUT2D eigenvalue weighted by atomic mass is 127. The van der Waals surface area contributed by atoms with Gasteiger partial charge in [-0.25, -0.2) is 4.98 Å². The third-order valence-electron chi connectivity index (χ3n) is 7.05.